The third-order valence-corrected chi connectivity index (χ3v) is 4.34. The van der Waals surface area contributed by atoms with Gasteiger partial charge >= 0.3 is 5.69 Å². The Bertz CT molecular complexity index is 1140. The first-order chi connectivity index (χ1) is 13.4. The van der Waals surface area contributed by atoms with Crippen molar-refractivity contribution >= 4 is 34.3 Å². The minimum absolute atomic E-state index is 0.0506. The molecule has 3 N–H and O–H groups in total. The zero-order valence-electron chi connectivity index (χ0n) is 14.7. The zero-order valence-corrected chi connectivity index (χ0v) is 15.5. The maximum Gasteiger partial charge on any atom is 0.328 e. The number of carbonyl (C=O) groups is 2. The lowest BCUT2D eigenvalue weighted by molar-refractivity contribution is -0.128. The van der Waals surface area contributed by atoms with Crippen molar-refractivity contribution in [3.8, 4) is 0 Å². The van der Waals surface area contributed by atoms with Crippen molar-refractivity contribution in [2.45, 2.75) is 19.4 Å². The summed E-state index contributed by atoms with van der Waals surface area (Å²) in [5.74, 6) is -0.853. The first-order valence-electron chi connectivity index (χ1n) is 8.48. The summed E-state index contributed by atoms with van der Waals surface area (Å²) >= 11 is 5.79. The molecular formula is C19H17ClN4O4. The van der Waals surface area contributed by atoms with E-state index in [0.717, 1.165) is 5.56 Å². The average molecular weight is 401 g/mol. The Balaban J connectivity index is 1.57. The molecular weight excluding hydrogens is 384 g/mol. The number of benzene rings is 2. The fourth-order valence-electron chi connectivity index (χ4n) is 2.71. The SMILES string of the molecule is O=C(CCn1c(=O)[nH]c(=O)c2ccccc21)NNC(=O)Cc1ccc(Cl)cc1. The predicted octanol–water partition coefficient (Wildman–Crippen LogP) is 1.12. The number of amides is 2. The smallest absolute Gasteiger partial charge is 0.293 e. The van der Waals surface area contributed by atoms with Gasteiger partial charge in [-0.05, 0) is 29.8 Å². The molecule has 1 heterocycles. The number of hydrogen-bond donors (Lipinski definition) is 3. The molecule has 0 atom stereocenters. The second-order valence-electron chi connectivity index (χ2n) is 6.08. The van der Waals surface area contributed by atoms with Gasteiger partial charge in [0.25, 0.3) is 5.56 Å². The Morgan fingerprint density at radius 1 is 0.964 bits per heavy atom. The van der Waals surface area contributed by atoms with Crippen LogP contribution in [0.25, 0.3) is 10.9 Å². The number of aryl methyl sites for hydroxylation is 1. The van der Waals surface area contributed by atoms with Crippen molar-refractivity contribution in [1.82, 2.24) is 20.4 Å². The van der Waals surface area contributed by atoms with Crippen LogP contribution >= 0.6 is 11.6 Å². The molecule has 0 saturated carbocycles. The van der Waals surface area contributed by atoms with Gasteiger partial charge in [0.2, 0.25) is 11.8 Å². The molecule has 0 unspecified atom stereocenters. The van der Waals surface area contributed by atoms with Crippen LogP contribution in [0.1, 0.15) is 12.0 Å². The van der Waals surface area contributed by atoms with Crippen LogP contribution < -0.4 is 22.1 Å². The van der Waals surface area contributed by atoms with Crippen LogP contribution in [0.15, 0.2) is 58.1 Å². The normalized spacial score (nSPS) is 10.6. The molecule has 0 aliphatic rings. The van der Waals surface area contributed by atoms with Crippen molar-refractivity contribution in [2.24, 2.45) is 0 Å². The van der Waals surface area contributed by atoms with E-state index in [0.29, 0.717) is 15.9 Å². The molecule has 0 saturated heterocycles. The number of nitrogens with one attached hydrogen (secondary N) is 3. The van der Waals surface area contributed by atoms with E-state index in [-0.39, 0.29) is 25.3 Å². The predicted molar refractivity (Wildman–Crippen MR) is 105 cm³/mol. The topological polar surface area (TPSA) is 113 Å². The number of hydrogen-bond acceptors (Lipinski definition) is 4. The minimum atomic E-state index is -0.594. The van der Waals surface area contributed by atoms with Gasteiger partial charge in [-0.2, -0.15) is 0 Å². The highest BCUT2D eigenvalue weighted by Gasteiger charge is 2.10. The lowest BCUT2D eigenvalue weighted by atomic mass is 10.1. The van der Waals surface area contributed by atoms with Gasteiger partial charge in [0.1, 0.15) is 0 Å². The molecule has 0 radical (unpaired) electrons. The van der Waals surface area contributed by atoms with Crippen molar-refractivity contribution in [1.29, 1.82) is 0 Å². The molecule has 0 aliphatic heterocycles. The van der Waals surface area contributed by atoms with E-state index in [1.165, 1.54) is 4.57 Å². The number of rotatable bonds is 5. The molecule has 2 aromatic carbocycles. The van der Waals surface area contributed by atoms with Crippen LogP contribution in [0.5, 0.6) is 0 Å². The molecule has 2 amide bonds. The Morgan fingerprint density at radius 3 is 2.39 bits per heavy atom. The van der Waals surface area contributed by atoms with Crippen LogP contribution in [-0.2, 0) is 22.6 Å². The van der Waals surface area contributed by atoms with Gasteiger partial charge in [0.05, 0.1) is 17.3 Å². The lowest BCUT2D eigenvalue weighted by Crippen LogP contribution is -2.43. The number of halogens is 1. The molecule has 0 fully saturated rings. The van der Waals surface area contributed by atoms with Gasteiger partial charge in [-0.1, -0.05) is 35.9 Å². The summed E-state index contributed by atoms with van der Waals surface area (Å²) < 4.78 is 1.31. The van der Waals surface area contributed by atoms with E-state index in [4.69, 9.17) is 11.6 Å². The van der Waals surface area contributed by atoms with Crippen LogP contribution in [-0.4, -0.2) is 21.4 Å². The lowest BCUT2D eigenvalue weighted by Gasteiger charge is -2.10. The van der Waals surface area contributed by atoms with Crippen molar-refractivity contribution in [3.05, 3.63) is 80.0 Å². The van der Waals surface area contributed by atoms with E-state index in [1.54, 1.807) is 48.5 Å². The molecule has 3 aromatic rings. The van der Waals surface area contributed by atoms with Crippen LogP contribution in [0.4, 0.5) is 0 Å². The van der Waals surface area contributed by atoms with Crippen molar-refractivity contribution in [2.75, 3.05) is 0 Å². The highest BCUT2D eigenvalue weighted by Crippen LogP contribution is 2.10. The summed E-state index contributed by atoms with van der Waals surface area (Å²) in [6, 6.07) is 13.4. The molecule has 144 valence electrons. The fourth-order valence-corrected chi connectivity index (χ4v) is 2.84. The number of aromatic nitrogens is 2. The maximum absolute atomic E-state index is 12.1. The van der Waals surface area contributed by atoms with Gasteiger partial charge in [-0.3, -0.25) is 34.8 Å². The molecule has 3 rings (SSSR count). The first-order valence-corrected chi connectivity index (χ1v) is 8.86. The van der Waals surface area contributed by atoms with Gasteiger partial charge in [-0.25, -0.2) is 4.79 Å². The largest absolute Gasteiger partial charge is 0.328 e. The van der Waals surface area contributed by atoms with Gasteiger partial charge in [-0.15, -0.1) is 0 Å². The van der Waals surface area contributed by atoms with Gasteiger partial charge in [0, 0.05) is 18.0 Å². The van der Waals surface area contributed by atoms with E-state index < -0.39 is 17.2 Å². The summed E-state index contributed by atoms with van der Waals surface area (Å²) in [7, 11) is 0. The number of hydrazine groups is 1. The monoisotopic (exact) mass is 400 g/mol. The van der Waals surface area contributed by atoms with E-state index >= 15 is 0 Å². The number of para-hydroxylation sites is 1. The Hall–Kier alpha value is -3.39. The Labute approximate surface area is 164 Å². The molecule has 0 bridgehead atoms. The number of carbonyl (C=O) groups excluding carboxylic acids is 2. The third-order valence-electron chi connectivity index (χ3n) is 4.09. The minimum Gasteiger partial charge on any atom is -0.293 e. The van der Waals surface area contributed by atoms with Crippen LogP contribution in [0.3, 0.4) is 0 Å². The Morgan fingerprint density at radius 2 is 1.64 bits per heavy atom. The van der Waals surface area contributed by atoms with Crippen LogP contribution in [0.2, 0.25) is 5.02 Å². The summed E-state index contributed by atoms with van der Waals surface area (Å²) in [5, 5.41) is 0.932. The molecule has 8 nitrogen and oxygen atoms in total. The van der Waals surface area contributed by atoms with E-state index in [9.17, 15) is 19.2 Å². The molecule has 1 aromatic heterocycles. The second kappa shape index (κ2) is 8.53. The summed E-state index contributed by atoms with van der Waals surface area (Å²) in [5.41, 5.74) is 4.76. The second-order valence-corrected chi connectivity index (χ2v) is 6.51. The fraction of sp³-hybridized carbons (Fsp3) is 0.158. The molecule has 28 heavy (non-hydrogen) atoms. The van der Waals surface area contributed by atoms with Gasteiger partial charge in [0.15, 0.2) is 0 Å². The Kier molecular flexibility index (Phi) is 5.90. The van der Waals surface area contributed by atoms with Gasteiger partial charge < -0.3 is 0 Å². The summed E-state index contributed by atoms with van der Waals surface area (Å²) in [6.07, 6.45) is 0.0264. The standard InChI is InChI=1S/C19H17ClN4O4/c20-13-7-5-12(6-8-13)11-17(26)23-22-16(25)9-10-24-15-4-2-1-3-14(15)18(27)21-19(24)28/h1-8H,9-11H2,(H,22,25)(H,23,26)(H,21,27,28). The number of H-pyrrole nitrogens is 1. The summed E-state index contributed by atoms with van der Waals surface area (Å²) in [4.78, 5) is 50.0. The van der Waals surface area contributed by atoms with E-state index in [2.05, 4.69) is 15.8 Å². The zero-order chi connectivity index (χ0) is 20.1. The third kappa shape index (κ3) is 4.66. The van der Waals surface area contributed by atoms with Crippen molar-refractivity contribution in [3.63, 3.8) is 0 Å². The number of fused-ring (bicyclic) bond motifs is 1. The highest BCUT2D eigenvalue weighted by molar-refractivity contribution is 6.30. The number of nitrogens with zero attached hydrogens (tertiary/aromatic N) is 1. The molecule has 0 aliphatic carbocycles. The van der Waals surface area contributed by atoms with E-state index in [1.807, 2.05) is 0 Å². The van der Waals surface area contributed by atoms with Crippen LogP contribution in [0, 0.1) is 0 Å². The highest BCUT2D eigenvalue weighted by atomic mass is 35.5. The molecule has 0 spiro atoms. The summed E-state index contributed by atoms with van der Waals surface area (Å²) in [6.45, 7) is 0.0506. The quantitative estimate of drug-likeness (QED) is 0.557. The number of aromatic amines is 1. The first kappa shape index (κ1) is 19.4. The maximum atomic E-state index is 12.1. The average Bonchev–Trinajstić information content (AvgIpc) is 2.68. The molecule has 9 heteroatoms. The van der Waals surface area contributed by atoms with Crippen molar-refractivity contribution < 1.29 is 9.59 Å².